The van der Waals surface area contributed by atoms with Gasteiger partial charge in [0.15, 0.2) is 0 Å². The first kappa shape index (κ1) is 15.0. The molecular formula is C18H26FNO. The minimum absolute atomic E-state index is 0.155. The van der Waals surface area contributed by atoms with E-state index in [1.54, 1.807) is 12.1 Å². The maximum absolute atomic E-state index is 13.0. The van der Waals surface area contributed by atoms with Gasteiger partial charge in [0, 0.05) is 19.7 Å². The van der Waals surface area contributed by atoms with E-state index in [2.05, 4.69) is 4.90 Å². The van der Waals surface area contributed by atoms with Crippen LogP contribution in [0.15, 0.2) is 24.3 Å². The van der Waals surface area contributed by atoms with Gasteiger partial charge in [-0.3, -0.25) is 4.90 Å². The summed E-state index contributed by atoms with van der Waals surface area (Å²) in [6.45, 7) is 2.25. The summed E-state index contributed by atoms with van der Waals surface area (Å²) < 4.78 is 18.8. The van der Waals surface area contributed by atoms with Gasteiger partial charge < -0.3 is 4.74 Å². The Kier molecular flexibility index (Phi) is 4.91. The lowest BCUT2D eigenvalue weighted by atomic mass is 9.87. The minimum atomic E-state index is -0.155. The maximum atomic E-state index is 13.0. The third-order valence-corrected chi connectivity index (χ3v) is 5.28. The largest absolute Gasteiger partial charge is 0.380 e. The van der Waals surface area contributed by atoms with E-state index in [0.29, 0.717) is 12.0 Å². The molecule has 116 valence electrons. The molecule has 0 N–H and O–H groups in total. The number of likely N-dealkylation sites (tertiary alicyclic amines) is 1. The van der Waals surface area contributed by atoms with Crippen LogP contribution in [-0.2, 0) is 11.2 Å². The van der Waals surface area contributed by atoms with Gasteiger partial charge >= 0.3 is 0 Å². The molecule has 1 saturated carbocycles. The summed E-state index contributed by atoms with van der Waals surface area (Å²) in [5, 5.41) is 0. The Morgan fingerprint density at radius 2 is 1.86 bits per heavy atom. The zero-order valence-corrected chi connectivity index (χ0v) is 12.9. The summed E-state index contributed by atoms with van der Waals surface area (Å²) in [6, 6.07) is 7.72. The van der Waals surface area contributed by atoms with Crippen LogP contribution < -0.4 is 0 Å². The highest BCUT2D eigenvalue weighted by Crippen LogP contribution is 2.30. The molecule has 2 aliphatic rings. The van der Waals surface area contributed by atoms with E-state index in [0.717, 1.165) is 19.0 Å². The highest BCUT2D eigenvalue weighted by Gasteiger charge is 2.33. The van der Waals surface area contributed by atoms with Gasteiger partial charge in [0.05, 0.1) is 6.10 Å². The quantitative estimate of drug-likeness (QED) is 0.839. The fourth-order valence-corrected chi connectivity index (χ4v) is 4.01. The topological polar surface area (TPSA) is 12.5 Å². The van der Waals surface area contributed by atoms with Crippen LogP contribution >= 0.6 is 0 Å². The van der Waals surface area contributed by atoms with E-state index in [-0.39, 0.29) is 5.82 Å². The van der Waals surface area contributed by atoms with Gasteiger partial charge in [-0.15, -0.1) is 0 Å². The van der Waals surface area contributed by atoms with E-state index in [9.17, 15) is 4.39 Å². The molecule has 0 unspecified atom stereocenters. The van der Waals surface area contributed by atoms with Crippen LogP contribution in [0.3, 0.4) is 0 Å². The molecule has 21 heavy (non-hydrogen) atoms. The van der Waals surface area contributed by atoms with Crippen molar-refractivity contribution in [3.63, 3.8) is 0 Å². The lowest BCUT2D eigenvalue weighted by Gasteiger charge is -2.40. The molecular weight excluding hydrogens is 265 g/mol. The van der Waals surface area contributed by atoms with Crippen molar-refractivity contribution >= 4 is 0 Å². The molecule has 0 spiro atoms. The lowest BCUT2D eigenvalue weighted by molar-refractivity contribution is -0.0237. The Morgan fingerprint density at radius 1 is 1.14 bits per heavy atom. The predicted octanol–water partition coefficient (Wildman–Crippen LogP) is 3.65. The Balaban J connectivity index is 1.60. The maximum Gasteiger partial charge on any atom is 0.123 e. The van der Waals surface area contributed by atoms with Crippen LogP contribution in [0.2, 0.25) is 0 Å². The Labute approximate surface area is 127 Å². The van der Waals surface area contributed by atoms with Crippen LogP contribution in [0, 0.1) is 11.7 Å². The Morgan fingerprint density at radius 3 is 2.52 bits per heavy atom. The Bertz CT molecular complexity index is 441. The third kappa shape index (κ3) is 3.64. The second kappa shape index (κ2) is 6.89. The first-order chi connectivity index (χ1) is 10.3. The molecule has 2 fully saturated rings. The van der Waals surface area contributed by atoms with Gasteiger partial charge in [-0.1, -0.05) is 25.0 Å². The van der Waals surface area contributed by atoms with Gasteiger partial charge in [-0.25, -0.2) is 4.39 Å². The molecule has 0 amide bonds. The number of methoxy groups -OCH3 is 1. The summed E-state index contributed by atoms with van der Waals surface area (Å²) in [4.78, 5) is 2.64. The van der Waals surface area contributed by atoms with Crippen molar-refractivity contribution in [3.05, 3.63) is 35.6 Å². The summed E-state index contributed by atoms with van der Waals surface area (Å²) in [5.74, 6) is 0.399. The Hall–Kier alpha value is -0.930. The van der Waals surface area contributed by atoms with E-state index >= 15 is 0 Å². The summed E-state index contributed by atoms with van der Waals surface area (Å²) in [7, 11) is 1.83. The van der Waals surface area contributed by atoms with E-state index in [1.165, 1.54) is 44.2 Å². The summed E-state index contributed by atoms with van der Waals surface area (Å²) >= 11 is 0. The van der Waals surface area contributed by atoms with Crippen LogP contribution in [-0.4, -0.2) is 37.2 Å². The monoisotopic (exact) mass is 291 g/mol. The fraction of sp³-hybridized carbons (Fsp3) is 0.667. The van der Waals surface area contributed by atoms with E-state index in [1.807, 2.05) is 19.2 Å². The standard InChI is InChI=1S/C18H26FNO/c1-21-18-13-20(17-4-2-3-5-17)11-10-15(18)12-14-6-8-16(19)9-7-14/h6-9,15,17-18H,2-5,10-13H2,1H3/t15-,18-/m1/s1. The number of hydrogen-bond acceptors (Lipinski definition) is 2. The van der Waals surface area contributed by atoms with Crippen molar-refractivity contribution in [2.75, 3.05) is 20.2 Å². The molecule has 2 atom stereocenters. The van der Waals surface area contributed by atoms with Crippen molar-refractivity contribution in [1.82, 2.24) is 4.90 Å². The van der Waals surface area contributed by atoms with Crippen molar-refractivity contribution in [2.45, 2.75) is 50.7 Å². The SMILES string of the molecule is CO[C@@H]1CN(C2CCCC2)CC[C@@H]1Cc1ccc(F)cc1. The van der Waals surface area contributed by atoms with Crippen molar-refractivity contribution in [3.8, 4) is 0 Å². The molecule has 0 aromatic heterocycles. The number of ether oxygens (including phenoxy) is 1. The average Bonchev–Trinajstić information content (AvgIpc) is 3.04. The first-order valence-corrected chi connectivity index (χ1v) is 8.27. The average molecular weight is 291 g/mol. The number of nitrogens with zero attached hydrogens (tertiary/aromatic N) is 1. The number of rotatable bonds is 4. The van der Waals surface area contributed by atoms with Crippen LogP contribution in [0.5, 0.6) is 0 Å². The molecule has 0 bridgehead atoms. The smallest absolute Gasteiger partial charge is 0.123 e. The molecule has 3 rings (SSSR count). The number of piperidine rings is 1. The molecule has 1 aliphatic heterocycles. The number of halogens is 1. The van der Waals surface area contributed by atoms with Crippen molar-refractivity contribution in [2.24, 2.45) is 5.92 Å². The van der Waals surface area contributed by atoms with Gasteiger partial charge in [-0.05, 0) is 55.8 Å². The predicted molar refractivity (Wildman–Crippen MR) is 82.8 cm³/mol. The molecule has 1 heterocycles. The molecule has 2 nitrogen and oxygen atoms in total. The first-order valence-electron chi connectivity index (χ1n) is 8.27. The summed E-state index contributed by atoms with van der Waals surface area (Å²) in [5.41, 5.74) is 1.22. The summed E-state index contributed by atoms with van der Waals surface area (Å²) in [6.07, 6.45) is 7.99. The van der Waals surface area contributed by atoms with Crippen LogP contribution in [0.25, 0.3) is 0 Å². The minimum Gasteiger partial charge on any atom is -0.380 e. The molecule has 1 aromatic carbocycles. The fourth-order valence-electron chi connectivity index (χ4n) is 4.01. The van der Waals surface area contributed by atoms with Gasteiger partial charge in [0.25, 0.3) is 0 Å². The molecule has 1 saturated heterocycles. The highest BCUT2D eigenvalue weighted by molar-refractivity contribution is 5.17. The second-order valence-electron chi connectivity index (χ2n) is 6.59. The second-order valence-corrected chi connectivity index (χ2v) is 6.59. The number of benzene rings is 1. The number of hydrogen-bond donors (Lipinski definition) is 0. The van der Waals surface area contributed by atoms with Gasteiger partial charge in [-0.2, -0.15) is 0 Å². The van der Waals surface area contributed by atoms with E-state index in [4.69, 9.17) is 4.74 Å². The zero-order valence-electron chi connectivity index (χ0n) is 12.9. The van der Waals surface area contributed by atoms with Gasteiger partial charge in [0.1, 0.15) is 5.82 Å². The third-order valence-electron chi connectivity index (χ3n) is 5.28. The van der Waals surface area contributed by atoms with Crippen molar-refractivity contribution in [1.29, 1.82) is 0 Å². The van der Waals surface area contributed by atoms with E-state index < -0.39 is 0 Å². The normalized spacial score (nSPS) is 28.1. The zero-order chi connectivity index (χ0) is 14.7. The van der Waals surface area contributed by atoms with Crippen LogP contribution in [0.4, 0.5) is 4.39 Å². The lowest BCUT2D eigenvalue weighted by Crippen LogP contribution is -2.48. The molecule has 1 aromatic rings. The van der Waals surface area contributed by atoms with Crippen molar-refractivity contribution < 1.29 is 9.13 Å². The molecule has 3 heteroatoms. The molecule has 0 radical (unpaired) electrons. The highest BCUT2D eigenvalue weighted by atomic mass is 19.1. The molecule has 1 aliphatic carbocycles. The van der Waals surface area contributed by atoms with Crippen LogP contribution in [0.1, 0.15) is 37.7 Å². The van der Waals surface area contributed by atoms with Gasteiger partial charge in [0.2, 0.25) is 0 Å².